The van der Waals surface area contributed by atoms with Gasteiger partial charge in [0, 0.05) is 36.7 Å². The van der Waals surface area contributed by atoms with Crippen molar-refractivity contribution < 1.29 is 0 Å². The molecule has 0 amide bonds. The first kappa shape index (κ1) is 13.7. The highest BCUT2D eigenvalue weighted by Gasteiger charge is 2.06. The van der Waals surface area contributed by atoms with E-state index in [-0.39, 0.29) is 0 Å². The van der Waals surface area contributed by atoms with E-state index in [1.807, 2.05) is 10.9 Å². The molecule has 1 heterocycles. The van der Waals surface area contributed by atoms with E-state index >= 15 is 0 Å². The second-order valence-electron chi connectivity index (χ2n) is 4.02. The monoisotopic (exact) mass is 287 g/mol. The summed E-state index contributed by atoms with van der Waals surface area (Å²) >= 11 is 3.51. The predicted molar refractivity (Wildman–Crippen MR) is 71.9 cm³/mol. The topological polar surface area (TPSA) is 21.1 Å². The summed E-state index contributed by atoms with van der Waals surface area (Å²) in [7, 11) is 0. The molecule has 0 atom stereocenters. The van der Waals surface area contributed by atoms with E-state index in [0.29, 0.717) is 0 Å². The van der Waals surface area contributed by atoms with Gasteiger partial charge in [0.1, 0.15) is 0 Å². The number of nitrogens with zero attached hydrogens (tertiary/aromatic N) is 3. The van der Waals surface area contributed by atoms with Crippen molar-refractivity contribution in [2.45, 2.75) is 39.8 Å². The molecular formula is C12H22BrN3. The molecule has 0 radical (unpaired) electrons. The Hall–Kier alpha value is -0.350. The Morgan fingerprint density at radius 3 is 2.75 bits per heavy atom. The van der Waals surface area contributed by atoms with E-state index in [1.165, 1.54) is 24.9 Å². The van der Waals surface area contributed by atoms with Crippen LogP contribution in [-0.4, -0.2) is 33.1 Å². The summed E-state index contributed by atoms with van der Waals surface area (Å²) in [5.74, 6) is 0. The Bertz CT molecular complexity index is 286. The molecule has 0 fully saturated rings. The normalized spacial score (nSPS) is 11.2. The number of unbranched alkanes of at least 4 members (excludes halogenated alkanes) is 1. The van der Waals surface area contributed by atoms with Crippen molar-refractivity contribution in [2.75, 3.05) is 18.4 Å². The van der Waals surface area contributed by atoms with Crippen molar-refractivity contribution >= 4 is 15.9 Å². The number of alkyl halides is 1. The molecule has 0 saturated carbocycles. The lowest BCUT2D eigenvalue weighted by atomic mass is 10.2. The lowest BCUT2D eigenvalue weighted by Crippen LogP contribution is -2.26. The summed E-state index contributed by atoms with van der Waals surface area (Å²) in [6.07, 6.45) is 6.66. The van der Waals surface area contributed by atoms with Crippen molar-refractivity contribution in [2.24, 2.45) is 0 Å². The standard InChI is InChI=1S/C12H22BrN3/c1-3-5-7-15(8-6-13)10-12-9-14-16(4-2)11-12/h9,11H,3-8,10H2,1-2H3. The van der Waals surface area contributed by atoms with Gasteiger partial charge >= 0.3 is 0 Å². The van der Waals surface area contributed by atoms with Crippen LogP contribution in [0.5, 0.6) is 0 Å². The summed E-state index contributed by atoms with van der Waals surface area (Å²) < 4.78 is 1.99. The first-order chi connectivity index (χ1) is 7.80. The van der Waals surface area contributed by atoms with Gasteiger partial charge in [0.15, 0.2) is 0 Å². The Kier molecular flexibility index (Phi) is 6.73. The molecule has 0 aromatic carbocycles. The number of aryl methyl sites for hydroxylation is 1. The van der Waals surface area contributed by atoms with Crippen LogP contribution in [0.25, 0.3) is 0 Å². The third kappa shape index (κ3) is 4.66. The van der Waals surface area contributed by atoms with Crippen molar-refractivity contribution in [1.29, 1.82) is 0 Å². The van der Waals surface area contributed by atoms with Crippen LogP contribution in [0.3, 0.4) is 0 Å². The van der Waals surface area contributed by atoms with Gasteiger partial charge < -0.3 is 0 Å². The molecule has 4 heteroatoms. The molecule has 0 saturated heterocycles. The van der Waals surface area contributed by atoms with Crippen LogP contribution in [0.2, 0.25) is 0 Å². The smallest absolute Gasteiger partial charge is 0.0534 e. The van der Waals surface area contributed by atoms with E-state index in [4.69, 9.17) is 0 Å². The molecule has 1 aromatic heterocycles. The van der Waals surface area contributed by atoms with Crippen LogP contribution >= 0.6 is 15.9 Å². The second kappa shape index (κ2) is 7.85. The van der Waals surface area contributed by atoms with E-state index in [2.05, 4.69) is 46.0 Å². The van der Waals surface area contributed by atoms with Gasteiger partial charge in [-0.1, -0.05) is 29.3 Å². The van der Waals surface area contributed by atoms with Gasteiger partial charge in [-0.2, -0.15) is 5.10 Å². The van der Waals surface area contributed by atoms with Crippen molar-refractivity contribution in [1.82, 2.24) is 14.7 Å². The molecular weight excluding hydrogens is 266 g/mol. The van der Waals surface area contributed by atoms with Crippen LogP contribution in [0.15, 0.2) is 12.4 Å². The molecule has 16 heavy (non-hydrogen) atoms. The largest absolute Gasteiger partial charge is 0.298 e. The Labute approximate surface area is 107 Å². The molecule has 1 aromatic rings. The maximum absolute atomic E-state index is 4.31. The third-order valence-corrected chi connectivity index (χ3v) is 3.00. The Morgan fingerprint density at radius 2 is 2.19 bits per heavy atom. The highest BCUT2D eigenvalue weighted by Crippen LogP contribution is 2.06. The fourth-order valence-electron chi connectivity index (χ4n) is 1.69. The summed E-state index contributed by atoms with van der Waals surface area (Å²) in [5.41, 5.74) is 1.32. The molecule has 0 aliphatic heterocycles. The summed E-state index contributed by atoms with van der Waals surface area (Å²) in [6.45, 7) is 8.61. The fraction of sp³-hybridized carbons (Fsp3) is 0.750. The van der Waals surface area contributed by atoms with Crippen molar-refractivity contribution in [3.05, 3.63) is 18.0 Å². The summed E-state index contributed by atoms with van der Waals surface area (Å²) in [6, 6.07) is 0. The molecule has 92 valence electrons. The number of halogens is 1. The maximum Gasteiger partial charge on any atom is 0.0534 e. The van der Waals surface area contributed by atoms with E-state index < -0.39 is 0 Å². The average molecular weight is 288 g/mol. The summed E-state index contributed by atoms with van der Waals surface area (Å²) in [4.78, 5) is 2.48. The number of hydrogen-bond acceptors (Lipinski definition) is 2. The zero-order valence-corrected chi connectivity index (χ0v) is 11.9. The molecule has 0 aliphatic rings. The summed E-state index contributed by atoms with van der Waals surface area (Å²) in [5, 5.41) is 5.35. The Balaban J connectivity index is 2.46. The number of aromatic nitrogens is 2. The van der Waals surface area contributed by atoms with Gasteiger partial charge in [-0.15, -0.1) is 0 Å². The zero-order chi connectivity index (χ0) is 11.8. The SMILES string of the molecule is CCCCN(CCBr)Cc1cnn(CC)c1. The lowest BCUT2D eigenvalue weighted by molar-refractivity contribution is 0.278. The molecule has 0 unspecified atom stereocenters. The highest BCUT2D eigenvalue weighted by molar-refractivity contribution is 9.09. The molecule has 0 aliphatic carbocycles. The fourth-order valence-corrected chi connectivity index (χ4v) is 2.19. The average Bonchev–Trinajstić information content (AvgIpc) is 2.74. The van der Waals surface area contributed by atoms with E-state index in [0.717, 1.165) is 25.0 Å². The van der Waals surface area contributed by atoms with Gasteiger partial charge in [-0.25, -0.2) is 0 Å². The second-order valence-corrected chi connectivity index (χ2v) is 4.82. The number of rotatable bonds is 8. The van der Waals surface area contributed by atoms with Gasteiger partial charge in [-0.3, -0.25) is 9.58 Å². The van der Waals surface area contributed by atoms with Gasteiger partial charge in [-0.05, 0) is 19.9 Å². The quantitative estimate of drug-likeness (QED) is 0.686. The van der Waals surface area contributed by atoms with Crippen LogP contribution < -0.4 is 0 Å². The van der Waals surface area contributed by atoms with Crippen LogP contribution in [0, 0.1) is 0 Å². The van der Waals surface area contributed by atoms with E-state index in [9.17, 15) is 0 Å². The molecule has 0 bridgehead atoms. The highest BCUT2D eigenvalue weighted by atomic mass is 79.9. The number of hydrogen-bond donors (Lipinski definition) is 0. The van der Waals surface area contributed by atoms with Crippen molar-refractivity contribution in [3.63, 3.8) is 0 Å². The molecule has 0 spiro atoms. The van der Waals surface area contributed by atoms with Gasteiger partial charge in [0.05, 0.1) is 6.20 Å². The maximum atomic E-state index is 4.31. The van der Waals surface area contributed by atoms with E-state index in [1.54, 1.807) is 0 Å². The first-order valence-electron chi connectivity index (χ1n) is 6.09. The minimum atomic E-state index is 0.952. The third-order valence-electron chi connectivity index (χ3n) is 2.65. The van der Waals surface area contributed by atoms with Crippen LogP contribution in [-0.2, 0) is 13.1 Å². The lowest BCUT2D eigenvalue weighted by Gasteiger charge is -2.19. The van der Waals surface area contributed by atoms with Crippen LogP contribution in [0.4, 0.5) is 0 Å². The minimum absolute atomic E-state index is 0.952. The zero-order valence-electron chi connectivity index (χ0n) is 10.3. The predicted octanol–water partition coefficient (Wildman–Crippen LogP) is 2.90. The molecule has 1 rings (SSSR count). The van der Waals surface area contributed by atoms with Crippen molar-refractivity contribution in [3.8, 4) is 0 Å². The first-order valence-corrected chi connectivity index (χ1v) is 7.22. The minimum Gasteiger partial charge on any atom is -0.298 e. The van der Waals surface area contributed by atoms with Gasteiger partial charge in [0.2, 0.25) is 0 Å². The Morgan fingerprint density at radius 1 is 1.38 bits per heavy atom. The van der Waals surface area contributed by atoms with Gasteiger partial charge in [0.25, 0.3) is 0 Å². The molecule has 0 N–H and O–H groups in total. The van der Waals surface area contributed by atoms with Crippen LogP contribution in [0.1, 0.15) is 32.3 Å². The molecule has 3 nitrogen and oxygen atoms in total.